The van der Waals surface area contributed by atoms with Gasteiger partial charge in [0.15, 0.2) is 0 Å². The minimum Gasteiger partial charge on any atom is -0.459 e. The van der Waals surface area contributed by atoms with Crippen molar-refractivity contribution >= 4 is 17.0 Å². The average molecular weight is 513 g/mol. The number of carbonyl (C=O) groups is 1. The van der Waals surface area contributed by atoms with E-state index in [-0.39, 0.29) is 17.7 Å². The summed E-state index contributed by atoms with van der Waals surface area (Å²) < 4.78 is 19.9. The number of rotatable bonds is 10. The first-order valence-electron chi connectivity index (χ1n) is 12.6. The number of ether oxygens (including phenoxy) is 3. The van der Waals surface area contributed by atoms with Crippen LogP contribution in [-0.2, 0) is 32.6 Å². The predicted octanol–water partition coefficient (Wildman–Crippen LogP) is 2.09. The molecule has 3 aromatic rings. The van der Waals surface area contributed by atoms with Crippen LogP contribution in [0.4, 0.5) is 0 Å². The number of aromatic nitrogens is 3. The normalized spacial score (nSPS) is 18.2. The molecule has 0 radical (unpaired) electrons. The molecule has 2 N–H and O–H groups in total. The van der Waals surface area contributed by atoms with Gasteiger partial charge in [-0.25, -0.2) is 4.98 Å². The summed E-state index contributed by atoms with van der Waals surface area (Å²) in [5.41, 5.74) is 4.05. The number of hydrogen-bond acceptors (Lipinski definition) is 8. The van der Waals surface area contributed by atoms with Crippen molar-refractivity contribution in [3.63, 3.8) is 0 Å². The number of nitrogens with one attached hydrogen (secondary N) is 1. The zero-order valence-electron chi connectivity index (χ0n) is 22.1. The Morgan fingerprint density at radius 1 is 1.32 bits per heavy atom. The van der Waals surface area contributed by atoms with Gasteiger partial charge < -0.3 is 28.5 Å². The monoisotopic (exact) mass is 512 g/mol. The molecule has 10 nitrogen and oxygen atoms in total. The maximum atomic E-state index is 12.6. The summed E-state index contributed by atoms with van der Waals surface area (Å²) in [6.45, 7) is 7.22. The van der Waals surface area contributed by atoms with E-state index in [1.54, 1.807) is 38.8 Å². The molecule has 2 aromatic heterocycles. The molecular formula is C27H36N4O6. The molecule has 0 aliphatic carbocycles. The lowest BCUT2D eigenvalue weighted by Crippen LogP contribution is -2.46. The Labute approximate surface area is 216 Å². The number of aryl methyl sites for hydroxylation is 2. The number of imidazole rings is 1. The van der Waals surface area contributed by atoms with E-state index in [9.17, 15) is 14.7 Å². The van der Waals surface area contributed by atoms with Crippen LogP contribution in [0.15, 0.2) is 35.3 Å². The highest BCUT2D eigenvalue weighted by Gasteiger charge is 2.29. The van der Waals surface area contributed by atoms with E-state index in [1.807, 2.05) is 24.3 Å². The molecule has 4 rings (SSSR count). The molecule has 1 aliphatic heterocycles. The number of aliphatic hydroxyl groups excluding tert-OH is 1. The minimum atomic E-state index is -0.924. The number of methoxy groups -OCH3 is 1. The van der Waals surface area contributed by atoms with Gasteiger partial charge in [-0.1, -0.05) is 6.07 Å². The van der Waals surface area contributed by atoms with Gasteiger partial charge in [0.25, 0.3) is 5.56 Å². The Morgan fingerprint density at radius 2 is 2.11 bits per heavy atom. The maximum absolute atomic E-state index is 12.6. The quantitative estimate of drug-likeness (QED) is 0.397. The van der Waals surface area contributed by atoms with E-state index in [0.29, 0.717) is 38.3 Å². The molecular weight excluding hydrogens is 476 g/mol. The molecule has 200 valence electrons. The number of hydrogen-bond donors (Lipinski definition) is 2. The maximum Gasteiger partial charge on any atom is 0.326 e. The van der Waals surface area contributed by atoms with Gasteiger partial charge in [-0.2, -0.15) is 0 Å². The fraction of sp³-hybridized carbons (Fsp3) is 0.519. The van der Waals surface area contributed by atoms with Crippen molar-refractivity contribution in [2.45, 2.75) is 58.0 Å². The van der Waals surface area contributed by atoms with E-state index in [1.165, 1.54) is 0 Å². The summed E-state index contributed by atoms with van der Waals surface area (Å²) in [5, 5.41) is 13.3. The van der Waals surface area contributed by atoms with E-state index in [0.717, 1.165) is 28.0 Å². The molecule has 1 fully saturated rings. The van der Waals surface area contributed by atoms with Crippen LogP contribution in [0.25, 0.3) is 22.4 Å². The van der Waals surface area contributed by atoms with Crippen molar-refractivity contribution in [3.05, 3.63) is 51.9 Å². The molecule has 10 heteroatoms. The molecule has 0 amide bonds. The van der Waals surface area contributed by atoms with Crippen LogP contribution in [-0.4, -0.2) is 70.4 Å². The summed E-state index contributed by atoms with van der Waals surface area (Å²) >= 11 is 0. The van der Waals surface area contributed by atoms with Crippen molar-refractivity contribution in [3.8, 4) is 11.4 Å². The fourth-order valence-electron chi connectivity index (χ4n) is 4.74. The topological polar surface area (TPSA) is 117 Å². The van der Waals surface area contributed by atoms with E-state index in [4.69, 9.17) is 19.2 Å². The van der Waals surface area contributed by atoms with E-state index < -0.39 is 18.1 Å². The van der Waals surface area contributed by atoms with Crippen LogP contribution in [0.5, 0.6) is 0 Å². The molecule has 0 saturated carbocycles. The van der Waals surface area contributed by atoms with Crippen molar-refractivity contribution in [2.24, 2.45) is 7.05 Å². The first kappa shape index (κ1) is 27.0. The van der Waals surface area contributed by atoms with Gasteiger partial charge in [0, 0.05) is 44.4 Å². The summed E-state index contributed by atoms with van der Waals surface area (Å²) in [6.07, 6.45) is 1.26. The number of esters is 1. The lowest BCUT2D eigenvalue weighted by molar-refractivity contribution is -0.154. The van der Waals surface area contributed by atoms with Crippen LogP contribution >= 0.6 is 0 Å². The lowest BCUT2D eigenvalue weighted by Gasteiger charge is -2.22. The van der Waals surface area contributed by atoms with Crippen LogP contribution in [0.1, 0.15) is 37.4 Å². The summed E-state index contributed by atoms with van der Waals surface area (Å²) in [4.78, 5) is 29.8. The van der Waals surface area contributed by atoms with Crippen LogP contribution < -0.4 is 10.9 Å². The Kier molecular flexibility index (Phi) is 8.43. The molecule has 1 saturated heterocycles. The third kappa shape index (κ3) is 5.93. The Balaban J connectivity index is 1.62. The van der Waals surface area contributed by atoms with Gasteiger partial charge in [-0.15, -0.1) is 0 Å². The fourth-order valence-corrected chi connectivity index (χ4v) is 4.74. The van der Waals surface area contributed by atoms with Crippen LogP contribution in [0, 0.1) is 6.92 Å². The number of benzene rings is 1. The molecule has 1 aromatic carbocycles. The van der Waals surface area contributed by atoms with Gasteiger partial charge in [0.2, 0.25) is 0 Å². The second-order valence-corrected chi connectivity index (χ2v) is 9.78. The zero-order valence-corrected chi connectivity index (χ0v) is 22.1. The highest BCUT2D eigenvalue weighted by atomic mass is 16.6. The Morgan fingerprint density at radius 3 is 2.76 bits per heavy atom. The van der Waals surface area contributed by atoms with Crippen LogP contribution in [0.2, 0.25) is 0 Å². The standard InChI is InChI=1S/C27H36N4O6/c1-16-10-20(13-30(4)26(16)33)25-29-22-11-19(6-7-23(22)31(25)17(2)14-35-5)12-28-24(18(3)32)27(34)37-21-8-9-36-15-21/h6-7,10-11,13,17-18,21,24,28,32H,8-9,12,14-15H2,1-5H3/t17-,18-,21+,24-/m0/s1. The second kappa shape index (κ2) is 11.6. The summed E-state index contributed by atoms with van der Waals surface area (Å²) in [7, 11) is 3.40. The van der Waals surface area contributed by atoms with Gasteiger partial charge in [-0.3, -0.25) is 14.9 Å². The van der Waals surface area contributed by atoms with E-state index >= 15 is 0 Å². The highest BCUT2D eigenvalue weighted by Crippen LogP contribution is 2.29. The van der Waals surface area contributed by atoms with Gasteiger partial charge in [-0.05, 0) is 44.5 Å². The molecule has 0 spiro atoms. The Bertz CT molecular complexity index is 1280. The lowest BCUT2D eigenvalue weighted by atomic mass is 10.1. The number of nitrogens with zero attached hydrogens (tertiary/aromatic N) is 3. The third-order valence-corrected chi connectivity index (χ3v) is 6.66. The number of aliphatic hydroxyl groups is 1. The van der Waals surface area contributed by atoms with Crippen molar-refractivity contribution < 1.29 is 24.1 Å². The van der Waals surface area contributed by atoms with Crippen molar-refractivity contribution in [1.29, 1.82) is 0 Å². The molecule has 4 atom stereocenters. The first-order valence-corrected chi connectivity index (χ1v) is 12.6. The second-order valence-electron chi connectivity index (χ2n) is 9.78. The van der Waals surface area contributed by atoms with Gasteiger partial charge >= 0.3 is 5.97 Å². The molecule has 0 unspecified atom stereocenters. The van der Waals surface area contributed by atoms with Gasteiger partial charge in [0.05, 0.1) is 43.0 Å². The smallest absolute Gasteiger partial charge is 0.326 e. The largest absolute Gasteiger partial charge is 0.459 e. The zero-order chi connectivity index (χ0) is 26.7. The minimum absolute atomic E-state index is 0.000436. The SMILES string of the molecule is COC[C@H](C)n1c(-c2cc(C)c(=O)n(C)c2)nc2cc(CN[C@H](C(=O)O[C@@H]3CCOC3)[C@H](C)O)ccc21. The van der Waals surface area contributed by atoms with E-state index in [2.05, 4.69) is 16.8 Å². The Hall–Kier alpha value is -3.05. The predicted molar refractivity (Wildman–Crippen MR) is 139 cm³/mol. The molecule has 37 heavy (non-hydrogen) atoms. The molecule has 0 bridgehead atoms. The highest BCUT2D eigenvalue weighted by molar-refractivity contribution is 5.82. The first-order chi connectivity index (χ1) is 17.7. The van der Waals surface area contributed by atoms with Crippen molar-refractivity contribution in [1.82, 2.24) is 19.4 Å². The molecule has 1 aliphatic rings. The third-order valence-electron chi connectivity index (χ3n) is 6.66. The van der Waals surface area contributed by atoms with Gasteiger partial charge in [0.1, 0.15) is 18.0 Å². The average Bonchev–Trinajstić information content (AvgIpc) is 3.49. The number of pyridine rings is 1. The van der Waals surface area contributed by atoms with Crippen molar-refractivity contribution in [2.75, 3.05) is 26.9 Å². The van der Waals surface area contributed by atoms with Crippen LogP contribution in [0.3, 0.4) is 0 Å². The number of fused-ring (bicyclic) bond motifs is 1. The summed E-state index contributed by atoms with van der Waals surface area (Å²) in [5.74, 6) is 0.254. The number of carbonyl (C=O) groups excluding carboxylic acids is 1. The summed E-state index contributed by atoms with van der Waals surface area (Å²) in [6, 6.07) is 6.93. The molecule has 3 heterocycles.